The number of carbonyl (C=O) groups is 1. The topological polar surface area (TPSA) is 83.9 Å². The third-order valence-electron chi connectivity index (χ3n) is 3.58. The Morgan fingerprint density at radius 1 is 1.38 bits per heavy atom. The predicted octanol–water partition coefficient (Wildman–Crippen LogP) is 1.04. The fourth-order valence-corrected chi connectivity index (χ4v) is 2.95. The summed E-state index contributed by atoms with van der Waals surface area (Å²) in [5, 5.41) is 11.0. The molecule has 8 heteroatoms. The number of anilines is 1. The summed E-state index contributed by atoms with van der Waals surface area (Å²) in [6, 6.07) is 4.01. The smallest absolute Gasteiger partial charge is 0.273 e. The van der Waals surface area contributed by atoms with Crippen LogP contribution >= 0.6 is 11.7 Å². The fourth-order valence-electron chi connectivity index (χ4n) is 2.41. The second-order valence-electron chi connectivity index (χ2n) is 5.01. The van der Waals surface area contributed by atoms with E-state index in [1.54, 1.807) is 13.1 Å². The maximum absolute atomic E-state index is 12.1. The van der Waals surface area contributed by atoms with Crippen LogP contribution in [0.15, 0.2) is 18.3 Å². The fraction of sp³-hybridized carbons (Fsp3) is 0.462. The van der Waals surface area contributed by atoms with Crippen LogP contribution in [-0.2, 0) is 0 Å². The van der Waals surface area contributed by atoms with Crippen molar-refractivity contribution >= 4 is 23.5 Å². The summed E-state index contributed by atoms with van der Waals surface area (Å²) >= 11 is 1.07. The molecule has 3 heterocycles. The molecule has 0 saturated carbocycles. The largest absolute Gasteiger partial charge is 0.355 e. The Hall–Kier alpha value is -2.09. The molecule has 0 radical (unpaired) electrons. The minimum absolute atomic E-state index is 0.126. The highest BCUT2D eigenvalue weighted by Gasteiger charge is 2.23. The van der Waals surface area contributed by atoms with Gasteiger partial charge in [-0.1, -0.05) is 0 Å². The van der Waals surface area contributed by atoms with Crippen molar-refractivity contribution in [3.8, 4) is 0 Å². The molecule has 2 aromatic rings. The van der Waals surface area contributed by atoms with Gasteiger partial charge in [0, 0.05) is 25.3 Å². The Bertz CT molecular complexity index is 608. The van der Waals surface area contributed by atoms with Crippen molar-refractivity contribution in [1.29, 1.82) is 0 Å². The van der Waals surface area contributed by atoms with Crippen molar-refractivity contribution in [3.63, 3.8) is 0 Å². The number of nitrogens with zero attached hydrogens (tertiary/aromatic N) is 5. The third kappa shape index (κ3) is 3.15. The number of aryl methyl sites for hydroxylation is 1. The van der Waals surface area contributed by atoms with Gasteiger partial charge in [0.05, 0.1) is 17.4 Å². The summed E-state index contributed by atoms with van der Waals surface area (Å²) < 4.78 is 8.06. The molecule has 3 rings (SSSR count). The van der Waals surface area contributed by atoms with Gasteiger partial charge < -0.3 is 10.2 Å². The van der Waals surface area contributed by atoms with Gasteiger partial charge in [-0.15, -0.1) is 5.10 Å². The molecule has 7 nitrogen and oxygen atoms in total. The molecule has 1 fully saturated rings. The first-order chi connectivity index (χ1) is 10.2. The number of carbonyl (C=O) groups excluding carboxylic acids is 1. The molecular formula is C13H16N6OS. The predicted molar refractivity (Wildman–Crippen MR) is 79.4 cm³/mol. The maximum Gasteiger partial charge on any atom is 0.273 e. The van der Waals surface area contributed by atoms with Crippen molar-refractivity contribution in [3.05, 3.63) is 29.7 Å². The molecule has 0 atom stereocenters. The van der Waals surface area contributed by atoms with Gasteiger partial charge in [-0.25, -0.2) is 0 Å². The molecule has 21 heavy (non-hydrogen) atoms. The summed E-state index contributed by atoms with van der Waals surface area (Å²) in [6.07, 6.45) is 3.44. The molecular weight excluding hydrogens is 288 g/mol. The Kier molecular flexibility index (Phi) is 4.05. The Morgan fingerprint density at radius 3 is 2.81 bits per heavy atom. The average Bonchev–Trinajstić information content (AvgIpc) is 2.95. The lowest BCUT2D eigenvalue weighted by molar-refractivity contribution is 0.0926. The van der Waals surface area contributed by atoms with Crippen LogP contribution in [0.1, 0.15) is 29.0 Å². The van der Waals surface area contributed by atoms with Crippen LogP contribution in [0.3, 0.4) is 0 Å². The van der Waals surface area contributed by atoms with Crippen LogP contribution < -0.4 is 10.2 Å². The molecule has 1 amide bonds. The third-order valence-corrected chi connectivity index (χ3v) is 4.20. The summed E-state index contributed by atoms with van der Waals surface area (Å²) in [7, 11) is 0. The molecule has 0 aliphatic carbocycles. The van der Waals surface area contributed by atoms with Crippen LogP contribution in [0.5, 0.6) is 0 Å². The van der Waals surface area contributed by atoms with E-state index in [1.807, 2.05) is 12.1 Å². The molecule has 0 unspecified atom stereocenters. The highest BCUT2D eigenvalue weighted by molar-refractivity contribution is 6.99. The van der Waals surface area contributed by atoms with Crippen LogP contribution in [0.4, 0.5) is 5.82 Å². The van der Waals surface area contributed by atoms with E-state index >= 15 is 0 Å². The van der Waals surface area contributed by atoms with Gasteiger partial charge >= 0.3 is 0 Å². The maximum atomic E-state index is 12.1. The number of rotatable bonds is 3. The number of aromatic nitrogens is 4. The second-order valence-corrected chi connectivity index (χ2v) is 5.54. The van der Waals surface area contributed by atoms with Gasteiger partial charge in [0.1, 0.15) is 0 Å². The molecule has 2 aromatic heterocycles. The second kappa shape index (κ2) is 6.13. The van der Waals surface area contributed by atoms with Crippen LogP contribution in [0.25, 0.3) is 0 Å². The lowest BCUT2D eigenvalue weighted by atomic mass is 10.0. The van der Waals surface area contributed by atoms with Crippen LogP contribution in [0.2, 0.25) is 0 Å². The van der Waals surface area contributed by atoms with Crippen LogP contribution in [-0.4, -0.2) is 44.0 Å². The average molecular weight is 304 g/mol. The van der Waals surface area contributed by atoms with E-state index in [0.717, 1.165) is 43.5 Å². The van der Waals surface area contributed by atoms with E-state index in [4.69, 9.17) is 0 Å². The van der Waals surface area contributed by atoms with E-state index in [9.17, 15) is 4.79 Å². The highest BCUT2D eigenvalue weighted by Crippen LogP contribution is 2.17. The lowest BCUT2D eigenvalue weighted by Gasteiger charge is -2.32. The number of nitrogens with one attached hydrogen (secondary N) is 1. The number of amides is 1. The molecule has 1 aliphatic rings. The van der Waals surface area contributed by atoms with Crippen LogP contribution in [0, 0.1) is 6.92 Å². The zero-order chi connectivity index (χ0) is 14.7. The molecule has 110 valence electrons. The molecule has 0 bridgehead atoms. The van der Waals surface area contributed by atoms with E-state index in [1.165, 1.54) is 0 Å². The molecule has 1 aliphatic heterocycles. The van der Waals surface area contributed by atoms with Crippen molar-refractivity contribution in [1.82, 2.24) is 24.3 Å². The summed E-state index contributed by atoms with van der Waals surface area (Å²) in [4.78, 5) is 14.3. The van der Waals surface area contributed by atoms with Crippen molar-refractivity contribution in [2.75, 3.05) is 18.0 Å². The van der Waals surface area contributed by atoms with Gasteiger partial charge in [-0.3, -0.25) is 4.79 Å². The SMILES string of the molecule is Cc1nsnc1C(=O)NC1CCN(c2cccnn2)CC1. The lowest BCUT2D eigenvalue weighted by Crippen LogP contribution is -2.45. The van der Waals surface area contributed by atoms with Gasteiger partial charge in [0.2, 0.25) is 0 Å². The molecule has 0 spiro atoms. The van der Waals surface area contributed by atoms with E-state index in [2.05, 4.69) is 29.2 Å². The zero-order valence-corrected chi connectivity index (χ0v) is 12.5. The number of piperidine rings is 1. The first kappa shape index (κ1) is 13.9. The van der Waals surface area contributed by atoms with Crippen molar-refractivity contribution in [2.45, 2.75) is 25.8 Å². The minimum atomic E-state index is -0.126. The zero-order valence-electron chi connectivity index (χ0n) is 11.7. The highest BCUT2D eigenvalue weighted by atomic mass is 32.1. The first-order valence-electron chi connectivity index (χ1n) is 6.86. The monoisotopic (exact) mass is 304 g/mol. The van der Waals surface area contributed by atoms with Crippen molar-refractivity contribution < 1.29 is 4.79 Å². The number of hydrogen-bond acceptors (Lipinski definition) is 7. The Labute approximate surface area is 126 Å². The van der Waals surface area contributed by atoms with Gasteiger partial charge in [-0.05, 0) is 31.9 Å². The Morgan fingerprint density at radius 2 is 2.19 bits per heavy atom. The van der Waals surface area contributed by atoms with Gasteiger partial charge in [0.25, 0.3) is 5.91 Å². The standard InChI is InChI=1S/C13H16N6OS/c1-9-12(18-21-17-9)13(20)15-10-4-7-19(8-5-10)11-3-2-6-14-16-11/h2-3,6,10H,4-5,7-8H2,1H3,(H,15,20). The summed E-state index contributed by atoms with van der Waals surface area (Å²) in [5.74, 6) is 0.765. The Balaban J connectivity index is 1.55. The quantitative estimate of drug-likeness (QED) is 0.912. The summed E-state index contributed by atoms with van der Waals surface area (Å²) in [6.45, 7) is 3.52. The van der Waals surface area contributed by atoms with E-state index in [-0.39, 0.29) is 11.9 Å². The van der Waals surface area contributed by atoms with Crippen molar-refractivity contribution in [2.24, 2.45) is 0 Å². The van der Waals surface area contributed by atoms with E-state index in [0.29, 0.717) is 11.4 Å². The normalized spacial score (nSPS) is 16.0. The van der Waals surface area contributed by atoms with E-state index < -0.39 is 0 Å². The number of hydrogen-bond donors (Lipinski definition) is 1. The first-order valence-corrected chi connectivity index (χ1v) is 7.60. The molecule has 0 aromatic carbocycles. The molecule has 1 N–H and O–H groups in total. The minimum Gasteiger partial charge on any atom is -0.355 e. The van der Waals surface area contributed by atoms with Gasteiger partial charge in [-0.2, -0.15) is 13.8 Å². The van der Waals surface area contributed by atoms with Gasteiger partial charge in [0.15, 0.2) is 11.5 Å². The summed E-state index contributed by atoms with van der Waals surface area (Å²) in [5.41, 5.74) is 1.13. The molecule has 1 saturated heterocycles.